The van der Waals surface area contributed by atoms with Crippen LogP contribution in [0.3, 0.4) is 0 Å². The number of nitrogen functional groups attached to an aromatic ring is 1. The number of hydrogen-bond acceptors (Lipinski definition) is 5. The Morgan fingerprint density at radius 3 is 2.88 bits per heavy atom. The minimum Gasteiger partial charge on any atom is -0.388 e. The van der Waals surface area contributed by atoms with Gasteiger partial charge in [-0.15, -0.1) is 5.10 Å². The van der Waals surface area contributed by atoms with Gasteiger partial charge in [-0.1, -0.05) is 35.9 Å². The normalized spacial score (nSPS) is 12.1. The fourth-order valence-corrected chi connectivity index (χ4v) is 3.73. The number of amides is 1. The van der Waals surface area contributed by atoms with Crippen LogP contribution in [0.2, 0.25) is 5.02 Å². The number of anilines is 1. The topological polar surface area (TPSA) is 106 Å². The van der Waals surface area contributed by atoms with E-state index in [9.17, 15) is 9.90 Å². The molecule has 0 bridgehead atoms. The van der Waals surface area contributed by atoms with Gasteiger partial charge >= 0.3 is 0 Å². The van der Waals surface area contributed by atoms with Gasteiger partial charge in [-0.2, -0.15) is 4.98 Å². The van der Waals surface area contributed by atoms with Gasteiger partial charge in [0.15, 0.2) is 5.65 Å². The molecule has 2 aromatic carbocycles. The maximum atomic E-state index is 15.4. The minimum absolute atomic E-state index is 0.0411. The number of nitrogens with one attached hydrogen (secondary N) is 1. The summed E-state index contributed by atoms with van der Waals surface area (Å²) in [7, 11) is 0. The summed E-state index contributed by atoms with van der Waals surface area (Å²) in [5.74, 6) is -1.06. The monoisotopic (exact) mass is 453 g/mol. The average Bonchev–Trinajstić information content (AvgIpc) is 3.13. The van der Waals surface area contributed by atoms with Crippen molar-refractivity contribution in [3.8, 4) is 11.1 Å². The Balaban J connectivity index is 1.52. The molecule has 9 heteroatoms. The molecule has 0 saturated carbocycles. The van der Waals surface area contributed by atoms with Crippen LogP contribution in [0, 0.1) is 12.7 Å². The van der Waals surface area contributed by atoms with Crippen LogP contribution in [0.5, 0.6) is 0 Å². The van der Waals surface area contributed by atoms with E-state index in [0.717, 1.165) is 0 Å². The van der Waals surface area contributed by atoms with Crippen LogP contribution in [-0.4, -0.2) is 32.2 Å². The number of aryl methyl sites for hydroxylation is 1. The zero-order valence-electron chi connectivity index (χ0n) is 17.2. The molecule has 32 heavy (non-hydrogen) atoms. The van der Waals surface area contributed by atoms with Crippen LogP contribution in [0.25, 0.3) is 16.8 Å². The third kappa shape index (κ3) is 4.42. The number of nitrogens with zero attached hydrogens (tertiary/aromatic N) is 3. The van der Waals surface area contributed by atoms with Crippen molar-refractivity contribution in [2.45, 2.75) is 19.4 Å². The number of pyridine rings is 1. The molecule has 0 radical (unpaired) electrons. The lowest BCUT2D eigenvalue weighted by Crippen LogP contribution is -2.27. The standard InChI is InChI=1S/C23H21ClFN5O2/c1-13-5-6-17(14-8-10-30-19(12-14)28-23(26)29-30)21(25)20(13)22(32)27-9-7-18(31)15-3-2-4-16(24)11-15/h2-6,8,10-12,18,31H,7,9H2,1H3,(H2,26,29)(H,27,32)/t18-/m0/s1. The summed E-state index contributed by atoms with van der Waals surface area (Å²) < 4.78 is 16.9. The van der Waals surface area contributed by atoms with Crippen molar-refractivity contribution >= 4 is 29.1 Å². The van der Waals surface area contributed by atoms with Gasteiger partial charge in [-0.05, 0) is 54.3 Å². The van der Waals surface area contributed by atoms with Gasteiger partial charge in [0.05, 0.1) is 11.7 Å². The van der Waals surface area contributed by atoms with Crippen molar-refractivity contribution < 1.29 is 14.3 Å². The number of benzene rings is 2. The number of aliphatic hydroxyl groups excluding tert-OH is 1. The van der Waals surface area contributed by atoms with Gasteiger partial charge < -0.3 is 16.2 Å². The lowest BCUT2D eigenvalue weighted by atomic mass is 9.98. The van der Waals surface area contributed by atoms with E-state index >= 15 is 4.39 Å². The molecule has 0 aliphatic rings. The summed E-state index contributed by atoms with van der Waals surface area (Å²) in [6.45, 7) is 1.84. The van der Waals surface area contributed by atoms with Crippen molar-refractivity contribution in [3.05, 3.63) is 82.3 Å². The first-order chi connectivity index (χ1) is 15.3. The Morgan fingerprint density at radius 1 is 1.28 bits per heavy atom. The van der Waals surface area contributed by atoms with Gasteiger partial charge in [-0.3, -0.25) is 4.79 Å². The second-order valence-corrected chi connectivity index (χ2v) is 7.86. The molecule has 0 spiro atoms. The van der Waals surface area contributed by atoms with Crippen LogP contribution in [0.1, 0.15) is 34.0 Å². The third-order valence-corrected chi connectivity index (χ3v) is 5.41. The van der Waals surface area contributed by atoms with Gasteiger partial charge in [0.2, 0.25) is 5.95 Å². The van der Waals surface area contributed by atoms with Crippen LogP contribution < -0.4 is 11.1 Å². The minimum atomic E-state index is -0.798. The van der Waals surface area contributed by atoms with Gasteiger partial charge in [-0.25, -0.2) is 8.91 Å². The summed E-state index contributed by atoms with van der Waals surface area (Å²) >= 11 is 5.95. The molecular formula is C23H21ClFN5O2. The molecule has 2 heterocycles. The van der Waals surface area contributed by atoms with Crippen LogP contribution in [0.15, 0.2) is 54.7 Å². The van der Waals surface area contributed by atoms with Crippen molar-refractivity contribution in [2.24, 2.45) is 0 Å². The highest BCUT2D eigenvalue weighted by atomic mass is 35.5. The van der Waals surface area contributed by atoms with Gasteiger partial charge in [0.1, 0.15) is 5.82 Å². The number of hydrogen-bond donors (Lipinski definition) is 3. The first-order valence-electron chi connectivity index (χ1n) is 9.96. The number of carbonyl (C=O) groups excluding carboxylic acids is 1. The van der Waals surface area contributed by atoms with Gasteiger partial charge in [0, 0.05) is 23.3 Å². The highest BCUT2D eigenvalue weighted by Gasteiger charge is 2.20. The molecule has 2 aromatic heterocycles. The van der Waals surface area contributed by atoms with Crippen molar-refractivity contribution in [1.29, 1.82) is 0 Å². The predicted octanol–water partition coefficient (Wildman–Crippen LogP) is 3.93. The van der Waals surface area contributed by atoms with Crippen LogP contribution in [-0.2, 0) is 0 Å². The number of nitrogens with two attached hydrogens (primary N) is 1. The second-order valence-electron chi connectivity index (χ2n) is 7.42. The second kappa shape index (κ2) is 8.94. The number of halogens is 2. The molecule has 4 aromatic rings. The molecule has 0 fully saturated rings. The highest BCUT2D eigenvalue weighted by Crippen LogP contribution is 2.28. The SMILES string of the molecule is Cc1ccc(-c2ccn3nc(N)nc3c2)c(F)c1C(=O)NCC[C@H](O)c1cccc(Cl)c1. The van der Waals surface area contributed by atoms with E-state index < -0.39 is 17.8 Å². The van der Waals surface area contributed by atoms with Crippen molar-refractivity contribution in [3.63, 3.8) is 0 Å². The van der Waals surface area contributed by atoms with E-state index in [0.29, 0.717) is 27.4 Å². The molecule has 0 aliphatic carbocycles. The molecule has 4 N–H and O–H groups in total. The first kappa shape index (κ1) is 21.7. The van der Waals surface area contributed by atoms with E-state index in [1.165, 1.54) is 4.52 Å². The molecule has 1 atom stereocenters. The number of carbonyl (C=O) groups is 1. The zero-order valence-corrected chi connectivity index (χ0v) is 18.0. The maximum Gasteiger partial charge on any atom is 0.254 e. The third-order valence-electron chi connectivity index (χ3n) is 5.18. The summed E-state index contributed by atoms with van der Waals surface area (Å²) in [5.41, 5.74) is 8.02. The largest absolute Gasteiger partial charge is 0.388 e. The summed E-state index contributed by atoms with van der Waals surface area (Å²) in [4.78, 5) is 16.8. The maximum absolute atomic E-state index is 15.4. The van der Waals surface area contributed by atoms with Crippen molar-refractivity contribution in [1.82, 2.24) is 19.9 Å². The van der Waals surface area contributed by atoms with E-state index in [-0.39, 0.29) is 30.0 Å². The molecule has 7 nitrogen and oxygen atoms in total. The molecule has 0 aliphatic heterocycles. The molecule has 1 amide bonds. The van der Waals surface area contributed by atoms with Crippen LogP contribution >= 0.6 is 11.6 Å². The summed E-state index contributed by atoms with van der Waals surface area (Å²) in [6, 6.07) is 13.5. The average molecular weight is 454 g/mol. The zero-order chi connectivity index (χ0) is 22.8. The number of aliphatic hydroxyl groups is 1. The number of aromatic nitrogens is 3. The fraction of sp³-hybridized carbons (Fsp3) is 0.174. The summed E-state index contributed by atoms with van der Waals surface area (Å²) in [5, 5.41) is 17.5. The Bertz CT molecular complexity index is 1310. The molecule has 4 rings (SSSR count). The number of rotatable bonds is 6. The molecule has 0 saturated heterocycles. The Kier molecular flexibility index (Phi) is 6.07. The van der Waals surface area contributed by atoms with E-state index in [4.69, 9.17) is 17.3 Å². The Hall–Kier alpha value is -3.49. The smallest absolute Gasteiger partial charge is 0.254 e. The van der Waals surface area contributed by atoms with Gasteiger partial charge in [0.25, 0.3) is 5.91 Å². The lowest BCUT2D eigenvalue weighted by molar-refractivity contribution is 0.0938. The van der Waals surface area contributed by atoms with Crippen LogP contribution in [0.4, 0.5) is 10.3 Å². The molecular weight excluding hydrogens is 433 g/mol. The van der Waals surface area contributed by atoms with E-state index in [1.54, 1.807) is 61.7 Å². The Morgan fingerprint density at radius 2 is 2.09 bits per heavy atom. The highest BCUT2D eigenvalue weighted by molar-refractivity contribution is 6.30. The Labute approximate surface area is 188 Å². The number of fused-ring (bicyclic) bond motifs is 1. The lowest BCUT2D eigenvalue weighted by Gasteiger charge is -2.14. The molecule has 164 valence electrons. The quantitative estimate of drug-likeness (QED) is 0.410. The summed E-state index contributed by atoms with van der Waals surface area (Å²) in [6.07, 6.45) is 1.09. The van der Waals surface area contributed by atoms with Crippen molar-refractivity contribution in [2.75, 3.05) is 12.3 Å². The van der Waals surface area contributed by atoms with E-state index in [2.05, 4.69) is 15.4 Å². The fourth-order valence-electron chi connectivity index (χ4n) is 3.53. The first-order valence-corrected chi connectivity index (χ1v) is 10.3. The predicted molar refractivity (Wildman–Crippen MR) is 121 cm³/mol. The van der Waals surface area contributed by atoms with E-state index in [1.807, 2.05) is 0 Å². The molecule has 0 unspecified atom stereocenters.